The Morgan fingerprint density at radius 1 is 1.15 bits per heavy atom. The van der Waals surface area contributed by atoms with Crippen molar-refractivity contribution in [2.24, 2.45) is 0 Å². The quantitative estimate of drug-likeness (QED) is 0.350. The molecule has 2 aromatic carbocycles. The molecule has 4 rings (SSSR count). The second kappa shape index (κ2) is 9.40. The molecule has 0 saturated carbocycles. The van der Waals surface area contributed by atoms with Gasteiger partial charge in [0.05, 0.1) is 20.7 Å². The molecular formula is C24H16N4O5S. The predicted octanol–water partition coefficient (Wildman–Crippen LogP) is 2.32. The number of hydrogen-bond acceptors (Lipinski definition) is 7. The number of nitro benzene ring substituents is 1. The number of thiazole rings is 1. The first-order valence-electron chi connectivity index (χ1n) is 9.93. The van der Waals surface area contributed by atoms with E-state index in [1.54, 1.807) is 60.7 Å². The highest BCUT2D eigenvalue weighted by atomic mass is 32.1. The van der Waals surface area contributed by atoms with Crippen LogP contribution in [-0.4, -0.2) is 22.4 Å². The molecule has 0 spiro atoms. The monoisotopic (exact) mass is 472 g/mol. The molecule has 9 nitrogen and oxygen atoms in total. The number of nitrogens with zero attached hydrogens (tertiary/aromatic N) is 3. The molecule has 4 aromatic rings. The van der Waals surface area contributed by atoms with Crippen molar-refractivity contribution in [2.45, 2.75) is 0 Å². The lowest BCUT2D eigenvalue weighted by molar-refractivity contribution is -0.384. The standard InChI is InChI=1S/C24H16N4O5S/c1-26-22(29)18(14-25)24-27(15-7-3-2-4-8-15)23(30)21(34-24)13-16-11-12-20(33-16)17-9-5-6-10-19(17)28(31)32/h2-13H,1H3,(H,26,29). The number of nitro groups is 1. The minimum absolute atomic E-state index is 0.105. The summed E-state index contributed by atoms with van der Waals surface area (Å²) in [4.78, 5) is 36.4. The van der Waals surface area contributed by atoms with Crippen molar-refractivity contribution in [3.05, 3.63) is 102 Å². The Balaban J connectivity index is 1.93. The zero-order chi connectivity index (χ0) is 24.2. The number of rotatable bonds is 5. The summed E-state index contributed by atoms with van der Waals surface area (Å²) >= 11 is 0.972. The van der Waals surface area contributed by atoms with Gasteiger partial charge in [0, 0.05) is 19.2 Å². The van der Waals surface area contributed by atoms with Gasteiger partial charge in [0.15, 0.2) is 5.57 Å². The van der Waals surface area contributed by atoms with Gasteiger partial charge in [-0.3, -0.25) is 24.3 Å². The second-order valence-corrected chi connectivity index (χ2v) is 7.96. The maximum absolute atomic E-state index is 13.3. The molecule has 0 aliphatic carbocycles. The van der Waals surface area contributed by atoms with Crippen LogP contribution in [0.15, 0.2) is 75.9 Å². The Labute approximate surface area is 196 Å². The maximum atomic E-state index is 13.3. The molecule has 2 aromatic heterocycles. The predicted molar refractivity (Wildman–Crippen MR) is 127 cm³/mol. The lowest BCUT2D eigenvalue weighted by Crippen LogP contribution is -2.33. The second-order valence-electron chi connectivity index (χ2n) is 6.93. The van der Waals surface area contributed by atoms with Crippen LogP contribution in [0.25, 0.3) is 28.7 Å². The highest BCUT2D eigenvalue weighted by Crippen LogP contribution is 2.30. The third-order valence-electron chi connectivity index (χ3n) is 4.88. The number of nitriles is 1. The molecule has 0 aliphatic rings. The number of benzene rings is 2. The first-order valence-corrected chi connectivity index (χ1v) is 10.8. The van der Waals surface area contributed by atoms with Gasteiger partial charge in [0.1, 0.15) is 22.3 Å². The summed E-state index contributed by atoms with van der Waals surface area (Å²) in [5.41, 5.74) is 0.0576. The molecule has 0 radical (unpaired) electrons. The van der Waals surface area contributed by atoms with Gasteiger partial charge in [-0.2, -0.15) is 5.26 Å². The molecule has 0 unspecified atom stereocenters. The van der Waals surface area contributed by atoms with E-state index in [0.717, 1.165) is 11.3 Å². The number of nitrogens with one attached hydrogen (secondary N) is 1. The number of para-hydroxylation sites is 2. The average molecular weight is 472 g/mol. The summed E-state index contributed by atoms with van der Waals surface area (Å²) in [6.45, 7) is 0. The van der Waals surface area contributed by atoms with E-state index in [4.69, 9.17) is 4.42 Å². The van der Waals surface area contributed by atoms with Crippen LogP contribution in [0.3, 0.4) is 0 Å². The Morgan fingerprint density at radius 3 is 2.53 bits per heavy atom. The van der Waals surface area contributed by atoms with Crippen LogP contribution in [0.5, 0.6) is 0 Å². The maximum Gasteiger partial charge on any atom is 0.280 e. The highest BCUT2D eigenvalue weighted by Gasteiger charge is 2.18. The fourth-order valence-corrected chi connectivity index (χ4v) is 4.41. The van der Waals surface area contributed by atoms with Crippen LogP contribution in [0.4, 0.5) is 5.69 Å². The van der Waals surface area contributed by atoms with Gasteiger partial charge in [-0.15, -0.1) is 11.3 Å². The van der Waals surface area contributed by atoms with E-state index in [-0.39, 0.29) is 32.0 Å². The summed E-state index contributed by atoms with van der Waals surface area (Å²) < 4.78 is 7.48. The molecule has 0 aliphatic heterocycles. The summed E-state index contributed by atoms with van der Waals surface area (Å²) in [7, 11) is 1.40. The normalized spacial score (nSPS) is 12.2. The molecular weight excluding hydrogens is 456 g/mol. The van der Waals surface area contributed by atoms with Crippen molar-refractivity contribution in [2.75, 3.05) is 7.05 Å². The molecule has 1 N–H and O–H groups in total. The van der Waals surface area contributed by atoms with Gasteiger partial charge in [0.25, 0.3) is 17.2 Å². The van der Waals surface area contributed by atoms with E-state index in [1.165, 1.54) is 23.8 Å². The lowest BCUT2D eigenvalue weighted by atomic mass is 10.1. The van der Waals surface area contributed by atoms with Gasteiger partial charge < -0.3 is 9.73 Å². The van der Waals surface area contributed by atoms with Gasteiger partial charge in [0.2, 0.25) is 0 Å². The Hall–Kier alpha value is -4.75. The number of hydrogen-bond donors (Lipinski definition) is 1. The lowest BCUT2D eigenvalue weighted by Gasteiger charge is -2.02. The SMILES string of the molecule is CNC(=O)C(C#N)=c1sc(=Cc2ccc(-c3ccccc3[N+](=O)[O-])o2)c(=O)n1-c1ccccc1. The molecule has 0 atom stereocenters. The van der Waals surface area contributed by atoms with Crippen molar-refractivity contribution < 1.29 is 14.1 Å². The van der Waals surface area contributed by atoms with Gasteiger partial charge in [-0.05, 0) is 30.3 Å². The van der Waals surface area contributed by atoms with E-state index in [2.05, 4.69) is 5.32 Å². The van der Waals surface area contributed by atoms with E-state index in [1.807, 2.05) is 6.07 Å². The zero-order valence-corrected chi connectivity index (χ0v) is 18.5. The van der Waals surface area contributed by atoms with Crippen LogP contribution in [0.2, 0.25) is 0 Å². The topological polar surface area (TPSA) is 131 Å². The highest BCUT2D eigenvalue weighted by molar-refractivity contribution is 7.07. The minimum atomic E-state index is -0.614. The fraction of sp³-hybridized carbons (Fsp3) is 0.0417. The van der Waals surface area contributed by atoms with Crippen LogP contribution in [0.1, 0.15) is 5.76 Å². The third-order valence-corrected chi connectivity index (χ3v) is 5.98. The van der Waals surface area contributed by atoms with Crippen LogP contribution >= 0.6 is 11.3 Å². The largest absolute Gasteiger partial charge is 0.456 e. The van der Waals surface area contributed by atoms with E-state index in [0.29, 0.717) is 11.3 Å². The molecule has 34 heavy (non-hydrogen) atoms. The van der Waals surface area contributed by atoms with Crippen molar-refractivity contribution in [3.63, 3.8) is 0 Å². The smallest absolute Gasteiger partial charge is 0.280 e. The number of carbonyl (C=O) groups excluding carboxylic acids is 1. The van der Waals surface area contributed by atoms with E-state index in [9.17, 15) is 25.0 Å². The summed E-state index contributed by atoms with van der Waals surface area (Å²) in [6.07, 6.45) is 1.48. The van der Waals surface area contributed by atoms with Crippen molar-refractivity contribution >= 4 is 34.6 Å². The molecule has 0 fully saturated rings. The van der Waals surface area contributed by atoms with Crippen LogP contribution in [0, 0.1) is 21.4 Å². The summed E-state index contributed by atoms with van der Waals surface area (Å²) in [6, 6.07) is 19.9. The van der Waals surface area contributed by atoms with Crippen LogP contribution < -0.4 is 20.1 Å². The van der Waals surface area contributed by atoms with Gasteiger partial charge in [-0.1, -0.05) is 30.3 Å². The first kappa shape index (κ1) is 22.4. The Bertz CT molecular complexity index is 1620. The third kappa shape index (κ3) is 4.15. The number of carbonyl (C=O) groups is 1. The zero-order valence-electron chi connectivity index (χ0n) is 17.7. The summed E-state index contributed by atoms with van der Waals surface area (Å²) in [5, 5.41) is 23.4. The van der Waals surface area contributed by atoms with Crippen molar-refractivity contribution in [1.29, 1.82) is 5.26 Å². The Morgan fingerprint density at radius 2 is 1.85 bits per heavy atom. The van der Waals surface area contributed by atoms with Crippen molar-refractivity contribution in [3.8, 4) is 23.1 Å². The minimum Gasteiger partial charge on any atom is -0.456 e. The average Bonchev–Trinajstić information content (AvgIpc) is 3.45. The van der Waals surface area contributed by atoms with Gasteiger partial charge in [-0.25, -0.2) is 0 Å². The first-order chi connectivity index (χ1) is 16.4. The molecule has 0 bridgehead atoms. The fourth-order valence-electron chi connectivity index (χ4n) is 3.33. The van der Waals surface area contributed by atoms with E-state index >= 15 is 0 Å². The molecule has 0 saturated heterocycles. The number of furan rings is 1. The molecule has 10 heteroatoms. The van der Waals surface area contributed by atoms with Crippen molar-refractivity contribution in [1.82, 2.24) is 9.88 Å². The summed E-state index contributed by atoms with van der Waals surface area (Å²) in [5.74, 6) is -0.0540. The number of aromatic nitrogens is 1. The molecule has 2 heterocycles. The molecule has 168 valence electrons. The van der Waals surface area contributed by atoms with E-state index < -0.39 is 16.4 Å². The Kier molecular flexibility index (Phi) is 6.20. The van der Waals surface area contributed by atoms with Gasteiger partial charge >= 0.3 is 0 Å². The molecule has 1 amide bonds. The number of amides is 1. The van der Waals surface area contributed by atoms with Crippen LogP contribution in [-0.2, 0) is 4.79 Å².